The van der Waals surface area contributed by atoms with Crippen molar-refractivity contribution >= 4 is 11.8 Å². The Kier molecular flexibility index (Phi) is 3.37. The van der Waals surface area contributed by atoms with Gasteiger partial charge in [-0.25, -0.2) is 0 Å². The third-order valence-corrected chi connectivity index (χ3v) is 4.78. The predicted octanol–water partition coefficient (Wildman–Crippen LogP) is 2.31. The van der Waals surface area contributed by atoms with Crippen LogP contribution in [-0.4, -0.2) is 29.3 Å². The molecule has 2 aliphatic rings. The highest BCUT2D eigenvalue weighted by Gasteiger charge is 2.43. The summed E-state index contributed by atoms with van der Waals surface area (Å²) >= 11 is 0. The molecule has 4 nitrogen and oxygen atoms in total. The highest BCUT2D eigenvalue weighted by Crippen LogP contribution is 2.38. The van der Waals surface area contributed by atoms with Gasteiger partial charge in [0.15, 0.2) is 0 Å². The molecule has 1 fully saturated rings. The third kappa shape index (κ3) is 2.40. The van der Waals surface area contributed by atoms with Crippen LogP contribution in [0.2, 0.25) is 0 Å². The predicted molar refractivity (Wildman–Crippen MR) is 86.9 cm³/mol. The Bertz CT molecular complexity index is 757. The van der Waals surface area contributed by atoms with E-state index in [-0.39, 0.29) is 23.9 Å². The highest BCUT2D eigenvalue weighted by molar-refractivity contribution is 5.95. The van der Waals surface area contributed by atoms with Crippen LogP contribution in [0.15, 0.2) is 54.6 Å². The Morgan fingerprint density at radius 1 is 1.04 bits per heavy atom. The van der Waals surface area contributed by atoms with Crippen molar-refractivity contribution in [1.29, 1.82) is 0 Å². The molecule has 2 atom stereocenters. The molecule has 1 saturated heterocycles. The lowest BCUT2D eigenvalue weighted by atomic mass is 9.90. The molecule has 0 unspecified atom stereocenters. The van der Waals surface area contributed by atoms with Crippen LogP contribution in [0.3, 0.4) is 0 Å². The zero-order valence-corrected chi connectivity index (χ0v) is 12.7. The quantitative estimate of drug-likeness (QED) is 0.925. The topological polar surface area (TPSA) is 49.4 Å². The number of nitrogens with zero attached hydrogens (tertiary/aromatic N) is 1. The molecule has 2 aromatic rings. The normalized spacial score (nSPS) is 22.4. The van der Waals surface area contributed by atoms with Gasteiger partial charge in [0, 0.05) is 18.5 Å². The monoisotopic (exact) mass is 306 g/mol. The molecule has 0 bridgehead atoms. The van der Waals surface area contributed by atoms with E-state index in [1.165, 1.54) is 11.1 Å². The average molecular weight is 306 g/mol. The minimum Gasteiger partial charge on any atom is -0.346 e. The van der Waals surface area contributed by atoms with E-state index >= 15 is 0 Å². The average Bonchev–Trinajstić information content (AvgIpc) is 2.92. The minimum atomic E-state index is -0.170. The van der Waals surface area contributed by atoms with Gasteiger partial charge >= 0.3 is 0 Å². The SMILES string of the molecule is O=C(N[C@H]1CC(=O)N2CCc3ccccc3[C@H]12)c1ccccc1. The van der Waals surface area contributed by atoms with E-state index in [0.29, 0.717) is 12.0 Å². The Balaban J connectivity index is 1.63. The van der Waals surface area contributed by atoms with Crippen molar-refractivity contribution < 1.29 is 9.59 Å². The summed E-state index contributed by atoms with van der Waals surface area (Å²) in [5, 5.41) is 3.06. The summed E-state index contributed by atoms with van der Waals surface area (Å²) in [6.07, 6.45) is 1.26. The molecule has 4 rings (SSSR count). The van der Waals surface area contributed by atoms with E-state index in [1.807, 2.05) is 35.2 Å². The van der Waals surface area contributed by atoms with E-state index in [4.69, 9.17) is 0 Å². The highest BCUT2D eigenvalue weighted by atomic mass is 16.2. The summed E-state index contributed by atoms with van der Waals surface area (Å²) in [5.41, 5.74) is 3.08. The van der Waals surface area contributed by atoms with Crippen molar-refractivity contribution in [2.75, 3.05) is 6.54 Å². The second-order valence-electron chi connectivity index (χ2n) is 6.13. The van der Waals surface area contributed by atoms with Crippen LogP contribution in [0, 0.1) is 0 Å². The molecule has 2 heterocycles. The number of amides is 2. The van der Waals surface area contributed by atoms with Gasteiger partial charge in [-0.1, -0.05) is 42.5 Å². The van der Waals surface area contributed by atoms with E-state index < -0.39 is 0 Å². The number of benzene rings is 2. The summed E-state index contributed by atoms with van der Waals surface area (Å²) in [5.74, 6) is 0.0103. The molecule has 4 heteroatoms. The van der Waals surface area contributed by atoms with Crippen LogP contribution in [0.25, 0.3) is 0 Å². The fraction of sp³-hybridized carbons (Fsp3) is 0.263. The first kappa shape index (κ1) is 14.0. The fourth-order valence-corrected chi connectivity index (χ4v) is 3.70. The first-order valence-electron chi connectivity index (χ1n) is 7.97. The lowest BCUT2D eigenvalue weighted by Crippen LogP contribution is -2.42. The van der Waals surface area contributed by atoms with Crippen molar-refractivity contribution in [3.8, 4) is 0 Å². The zero-order valence-electron chi connectivity index (χ0n) is 12.7. The van der Waals surface area contributed by atoms with Gasteiger partial charge < -0.3 is 10.2 Å². The molecule has 1 N–H and O–H groups in total. The zero-order chi connectivity index (χ0) is 15.8. The van der Waals surface area contributed by atoms with E-state index in [1.54, 1.807) is 12.1 Å². The van der Waals surface area contributed by atoms with Gasteiger partial charge in [-0.05, 0) is 29.7 Å². The Hall–Kier alpha value is -2.62. The van der Waals surface area contributed by atoms with Gasteiger partial charge in [0.2, 0.25) is 5.91 Å². The van der Waals surface area contributed by atoms with Gasteiger partial charge in [0.25, 0.3) is 5.91 Å². The van der Waals surface area contributed by atoms with E-state index in [2.05, 4.69) is 17.4 Å². The van der Waals surface area contributed by atoms with Crippen molar-refractivity contribution in [2.24, 2.45) is 0 Å². The molecule has 23 heavy (non-hydrogen) atoms. The first-order valence-corrected chi connectivity index (χ1v) is 7.97. The second kappa shape index (κ2) is 5.54. The first-order chi connectivity index (χ1) is 11.2. The number of nitrogens with one attached hydrogen (secondary N) is 1. The Morgan fingerprint density at radius 2 is 1.78 bits per heavy atom. The second-order valence-corrected chi connectivity index (χ2v) is 6.13. The maximum atomic E-state index is 12.5. The summed E-state index contributed by atoms with van der Waals surface area (Å²) in [4.78, 5) is 26.7. The number of carbonyl (C=O) groups excluding carboxylic acids is 2. The minimum absolute atomic E-state index is 0.0416. The Labute approximate surface area is 135 Å². The van der Waals surface area contributed by atoms with Gasteiger partial charge in [0.05, 0.1) is 12.1 Å². The van der Waals surface area contributed by atoms with E-state index in [0.717, 1.165) is 13.0 Å². The van der Waals surface area contributed by atoms with Crippen LogP contribution in [0.5, 0.6) is 0 Å². The molecular weight excluding hydrogens is 288 g/mol. The fourth-order valence-electron chi connectivity index (χ4n) is 3.70. The number of hydrogen-bond acceptors (Lipinski definition) is 2. The molecule has 0 spiro atoms. The molecule has 2 amide bonds. The smallest absolute Gasteiger partial charge is 0.251 e. The summed E-state index contributed by atoms with van der Waals surface area (Å²) in [6.45, 7) is 0.734. The Morgan fingerprint density at radius 3 is 2.61 bits per heavy atom. The van der Waals surface area contributed by atoms with Gasteiger partial charge in [0.1, 0.15) is 0 Å². The van der Waals surface area contributed by atoms with Gasteiger partial charge in [-0.2, -0.15) is 0 Å². The van der Waals surface area contributed by atoms with Crippen molar-refractivity contribution in [2.45, 2.75) is 24.9 Å². The van der Waals surface area contributed by atoms with Crippen LogP contribution < -0.4 is 5.32 Å². The van der Waals surface area contributed by atoms with Crippen LogP contribution >= 0.6 is 0 Å². The van der Waals surface area contributed by atoms with Crippen LogP contribution in [0.4, 0.5) is 0 Å². The van der Waals surface area contributed by atoms with Crippen molar-refractivity contribution in [3.63, 3.8) is 0 Å². The molecular formula is C19H18N2O2. The van der Waals surface area contributed by atoms with Crippen molar-refractivity contribution in [3.05, 3.63) is 71.3 Å². The lowest BCUT2D eigenvalue weighted by Gasteiger charge is -2.34. The number of rotatable bonds is 2. The largest absolute Gasteiger partial charge is 0.346 e. The standard InChI is InChI=1S/C19H18N2O2/c22-17-12-16(20-19(23)14-7-2-1-3-8-14)18-15-9-5-4-6-13(15)10-11-21(17)18/h1-9,16,18H,10-12H2,(H,20,23)/t16-,18+/m0/s1. The van der Waals surface area contributed by atoms with Gasteiger partial charge in [-0.15, -0.1) is 0 Å². The maximum Gasteiger partial charge on any atom is 0.251 e. The summed E-state index contributed by atoms with van der Waals surface area (Å²) in [6, 6.07) is 17.2. The molecule has 116 valence electrons. The summed E-state index contributed by atoms with van der Waals surface area (Å²) < 4.78 is 0. The number of hydrogen-bond donors (Lipinski definition) is 1. The number of fused-ring (bicyclic) bond motifs is 3. The van der Waals surface area contributed by atoms with Gasteiger partial charge in [-0.3, -0.25) is 9.59 Å². The van der Waals surface area contributed by atoms with Crippen LogP contribution in [0.1, 0.15) is 33.9 Å². The molecule has 0 aromatic heterocycles. The summed E-state index contributed by atoms with van der Waals surface area (Å²) in [7, 11) is 0. The maximum absolute atomic E-state index is 12.5. The van der Waals surface area contributed by atoms with Crippen molar-refractivity contribution in [1.82, 2.24) is 10.2 Å². The molecule has 0 saturated carbocycles. The lowest BCUT2D eigenvalue weighted by molar-refractivity contribution is -0.129. The van der Waals surface area contributed by atoms with E-state index in [9.17, 15) is 9.59 Å². The molecule has 0 aliphatic carbocycles. The third-order valence-electron chi connectivity index (χ3n) is 4.78. The number of carbonyl (C=O) groups is 2. The molecule has 0 radical (unpaired) electrons. The molecule has 2 aliphatic heterocycles. The van der Waals surface area contributed by atoms with Crippen LogP contribution in [-0.2, 0) is 11.2 Å². The molecule has 2 aromatic carbocycles.